The summed E-state index contributed by atoms with van der Waals surface area (Å²) in [6.45, 7) is 3.83. The van der Waals surface area contributed by atoms with Gasteiger partial charge in [0.1, 0.15) is 0 Å². The van der Waals surface area contributed by atoms with E-state index in [4.69, 9.17) is 11.6 Å². The van der Waals surface area contributed by atoms with E-state index in [1.165, 1.54) is 5.56 Å². The van der Waals surface area contributed by atoms with Gasteiger partial charge in [0.25, 0.3) is 0 Å². The Labute approximate surface area is 102 Å². The van der Waals surface area contributed by atoms with Crippen molar-refractivity contribution >= 4 is 11.6 Å². The van der Waals surface area contributed by atoms with Crippen LogP contribution in [-0.4, -0.2) is 23.8 Å². The van der Waals surface area contributed by atoms with Crippen molar-refractivity contribution < 1.29 is 5.11 Å². The molecule has 1 aliphatic heterocycles. The lowest BCUT2D eigenvalue weighted by Gasteiger charge is -2.33. The largest absolute Gasteiger partial charge is 0.389 e. The van der Waals surface area contributed by atoms with Gasteiger partial charge in [0.15, 0.2) is 0 Å². The number of hydrogen-bond acceptors (Lipinski definition) is 2. The Morgan fingerprint density at radius 1 is 1.38 bits per heavy atom. The Hall–Kier alpha value is -0.570. The Balaban J connectivity index is 2.19. The van der Waals surface area contributed by atoms with Crippen LogP contribution in [0.3, 0.4) is 0 Å². The molecule has 0 radical (unpaired) electrons. The minimum Gasteiger partial charge on any atom is -0.389 e. The molecular formula is C13H18ClNO. The summed E-state index contributed by atoms with van der Waals surface area (Å²) >= 11 is 6.18. The maximum absolute atomic E-state index is 10.5. The van der Waals surface area contributed by atoms with Crippen molar-refractivity contribution in [1.29, 1.82) is 0 Å². The molecule has 16 heavy (non-hydrogen) atoms. The molecule has 1 heterocycles. The summed E-state index contributed by atoms with van der Waals surface area (Å²) in [6, 6.07) is 5.90. The topological polar surface area (TPSA) is 32.3 Å². The van der Waals surface area contributed by atoms with Crippen LogP contribution >= 0.6 is 11.6 Å². The minimum absolute atomic E-state index is 0.582. The predicted molar refractivity (Wildman–Crippen MR) is 66.9 cm³/mol. The molecule has 2 rings (SSSR count). The van der Waals surface area contributed by atoms with Crippen molar-refractivity contribution in [3.63, 3.8) is 0 Å². The fraction of sp³-hybridized carbons (Fsp3) is 0.538. The van der Waals surface area contributed by atoms with Crippen molar-refractivity contribution in [3.8, 4) is 0 Å². The quantitative estimate of drug-likeness (QED) is 0.830. The molecule has 1 aromatic rings. The van der Waals surface area contributed by atoms with Gasteiger partial charge in [-0.25, -0.2) is 0 Å². The van der Waals surface area contributed by atoms with Gasteiger partial charge in [0.2, 0.25) is 0 Å². The molecular weight excluding hydrogens is 222 g/mol. The number of benzene rings is 1. The van der Waals surface area contributed by atoms with E-state index in [0.29, 0.717) is 6.42 Å². The monoisotopic (exact) mass is 239 g/mol. The average molecular weight is 240 g/mol. The zero-order valence-corrected chi connectivity index (χ0v) is 10.3. The Bertz CT molecular complexity index is 352. The first kappa shape index (κ1) is 11.9. The van der Waals surface area contributed by atoms with E-state index in [9.17, 15) is 5.11 Å². The summed E-state index contributed by atoms with van der Waals surface area (Å²) in [7, 11) is 0. The lowest BCUT2D eigenvalue weighted by molar-refractivity contribution is 0.0107. The number of nitrogens with one attached hydrogen (secondary N) is 1. The summed E-state index contributed by atoms with van der Waals surface area (Å²) in [6.07, 6.45) is 2.27. The van der Waals surface area contributed by atoms with Crippen LogP contribution in [0.15, 0.2) is 18.2 Å². The van der Waals surface area contributed by atoms with Crippen LogP contribution < -0.4 is 5.32 Å². The number of hydrogen-bond donors (Lipinski definition) is 2. The number of halogens is 1. The van der Waals surface area contributed by atoms with E-state index < -0.39 is 5.60 Å². The smallest absolute Gasteiger partial charge is 0.0712 e. The first-order valence-electron chi connectivity index (χ1n) is 5.78. The van der Waals surface area contributed by atoms with E-state index in [1.807, 2.05) is 25.1 Å². The average Bonchev–Trinajstić information content (AvgIpc) is 2.25. The fourth-order valence-corrected chi connectivity index (χ4v) is 2.58. The molecule has 0 amide bonds. The molecule has 1 aliphatic rings. The summed E-state index contributed by atoms with van der Waals surface area (Å²) in [4.78, 5) is 0. The number of aliphatic hydroxyl groups is 1. The van der Waals surface area contributed by atoms with Crippen LogP contribution in [0.25, 0.3) is 0 Å². The second-order valence-corrected chi connectivity index (χ2v) is 5.09. The Morgan fingerprint density at radius 3 is 2.69 bits per heavy atom. The molecule has 0 bridgehead atoms. The Morgan fingerprint density at radius 2 is 2.06 bits per heavy atom. The van der Waals surface area contributed by atoms with E-state index >= 15 is 0 Å². The predicted octanol–water partition coefficient (Wildman–Crippen LogP) is 2.31. The third kappa shape index (κ3) is 2.57. The molecule has 1 fully saturated rings. The molecule has 0 saturated carbocycles. The molecule has 0 aromatic heterocycles. The molecule has 2 N–H and O–H groups in total. The van der Waals surface area contributed by atoms with Crippen LogP contribution in [0.4, 0.5) is 0 Å². The second kappa shape index (κ2) is 4.74. The van der Waals surface area contributed by atoms with E-state index in [2.05, 4.69) is 5.32 Å². The van der Waals surface area contributed by atoms with Gasteiger partial charge in [-0.05, 0) is 50.0 Å². The summed E-state index contributed by atoms with van der Waals surface area (Å²) in [5.41, 5.74) is 1.68. The molecule has 0 spiro atoms. The maximum atomic E-state index is 10.5. The van der Waals surface area contributed by atoms with Gasteiger partial charge in [-0.3, -0.25) is 0 Å². The Kier molecular flexibility index (Phi) is 3.53. The van der Waals surface area contributed by atoms with Gasteiger partial charge >= 0.3 is 0 Å². The van der Waals surface area contributed by atoms with Gasteiger partial charge in [-0.1, -0.05) is 23.7 Å². The third-order valence-corrected chi connectivity index (χ3v) is 3.75. The number of aryl methyl sites for hydroxylation is 1. The highest BCUT2D eigenvalue weighted by molar-refractivity contribution is 6.31. The summed E-state index contributed by atoms with van der Waals surface area (Å²) < 4.78 is 0. The molecule has 3 heteroatoms. The molecule has 1 saturated heterocycles. The number of piperidine rings is 1. The lowest BCUT2D eigenvalue weighted by atomic mass is 9.85. The van der Waals surface area contributed by atoms with Gasteiger partial charge in [-0.15, -0.1) is 0 Å². The van der Waals surface area contributed by atoms with E-state index in [1.54, 1.807) is 0 Å². The van der Waals surface area contributed by atoms with Gasteiger partial charge < -0.3 is 10.4 Å². The first-order valence-corrected chi connectivity index (χ1v) is 6.16. The van der Waals surface area contributed by atoms with E-state index in [0.717, 1.165) is 36.5 Å². The molecule has 0 unspecified atom stereocenters. The first-order chi connectivity index (χ1) is 7.61. The summed E-state index contributed by atoms with van der Waals surface area (Å²) in [5.74, 6) is 0. The van der Waals surface area contributed by atoms with Crippen molar-refractivity contribution in [1.82, 2.24) is 5.32 Å². The van der Waals surface area contributed by atoms with Crippen LogP contribution in [0.2, 0.25) is 5.02 Å². The van der Waals surface area contributed by atoms with Gasteiger partial charge in [0.05, 0.1) is 5.60 Å². The zero-order chi connectivity index (χ0) is 11.6. The van der Waals surface area contributed by atoms with Crippen molar-refractivity contribution in [2.45, 2.75) is 31.8 Å². The summed E-state index contributed by atoms with van der Waals surface area (Å²) in [5, 5.41) is 14.5. The van der Waals surface area contributed by atoms with Crippen molar-refractivity contribution in [2.24, 2.45) is 0 Å². The standard InChI is InChI=1S/C13H18ClNO/c1-10-3-2-4-12(14)11(10)9-13(16)5-7-15-8-6-13/h2-4,15-16H,5-9H2,1H3. The van der Waals surface area contributed by atoms with Crippen LogP contribution in [0, 0.1) is 6.92 Å². The normalized spacial score (nSPS) is 19.7. The van der Waals surface area contributed by atoms with E-state index in [-0.39, 0.29) is 0 Å². The van der Waals surface area contributed by atoms with Crippen LogP contribution in [0.5, 0.6) is 0 Å². The molecule has 0 aliphatic carbocycles. The molecule has 1 aromatic carbocycles. The zero-order valence-electron chi connectivity index (χ0n) is 9.59. The van der Waals surface area contributed by atoms with Crippen molar-refractivity contribution in [2.75, 3.05) is 13.1 Å². The lowest BCUT2D eigenvalue weighted by Crippen LogP contribution is -2.43. The fourth-order valence-electron chi connectivity index (χ4n) is 2.29. The highest BCUT2D eigenvalue weighted by Gasteiger charge is 2.30. The molecule has 0 atom stereocenters. The van der Waals surface area contributed by atoms with Gasteiger partial charge in [-0.2, -0.15) is 0 Å². The van der Waals surface area contributed by atoms with Crippen LogP contribution in [-0.2, 0) is 6.42 Å². The second-order valence-electron chi connectivity index (χ2n) is 4.69. The van der Waals surface area contributed by atoms with Crippen molar-refractivity contribution in [3.05, 3.63) is 34.3 Å². The SMILES string of the molecule is Cc1cccc(Cl)c1CC1(O)CCNCC1. The highest BCUT2D eigenvalue weighted by Crippen LogP contribution is 2.29. The highest BCUT2D eigenvalue weighted by atomic mass is 35.5. The minimum atomic E-state index is -0.582. The third-order valence-electron chi connectivity index (χ3n) is 3.39. The molecule has 88 valence electrons. The number of rotatable bonds is 2. The molecule has 2 nitrogen and oxygen atoms in total. The maximum Gasteiger partial charge on any atom is 0.0712 e. The van der Waals surface area contributed by atoms with Crippen LogP contribution in [0.1, 0.15) is 24.0 Å². The van der Waals surface area contributed by atoms with Gasteiger partial charge in [0, 0.05) is 11.4 Å².